The van der Waals surface area contributed by atoms with E-state index in [1.807, 2.05) is 41.5 Å². The van der Waals surface area contributed by atoms with Crippen LogP contribution in [0.1, 0.15) is 54.9 Å². The second kappa shape index (κ2) is 8.87. The van der Waals surface area contributed by atoms with Crippen molar-refractivity contribution in [2.75, 3.05) is 25.1 Å². The normalized spacial score (nSPS) is 15.3. The van der Waals surface area contributed by atoms with Crippen molar-refractivity contribution in [1.29, 1.82) is 0 Å². The number of nitrogens with one attached hydrogen (secondary N) is 1. The molecule has 22 heavy (non-hydrogen) atoms. The molecular formula is C16H34N2O3S. The molecule has 0 aliphatic heterocycles. The molecule has 0 saturated carbocycles. The van der Waals surface area contributed by atoms with Crippen molar-refractivity contribution < 1.29 is 13.7 Å². The molecule has 0 saturated heterocycles. The third-order valence-corrected chi connectivity index (χ3v) is 3.90. The van der Waals surface area contributed by atoms with Crippen LogP contribution < -0.4 is 5.32 Å². The van der Waals surface area contributed by atoms with Gasteiger partial charge in [0.1, 0.15) is 5.60 Å². The maximum atomic E-state index is 12.3. The summed E-state index contributed by atoms with van der Waals surface area (Å²) < 4.78 is 16.6. The second-order valence-corrected chi connectivity index (χ2v) is 9.28. The molecule has 5 nitrogen and oxygen atoms in total. The molecule has 6 heteroatoms. The van der Waals surface area contributed by atoms with Gasteiger partial charge in [-0.05, 0) is 54.9 Å². The Labute approximate surface area is 138 Å². The third-order valence-electron chi connectivity index (χ3n) is 3.09. The fraction of sp³-hybridized carbons (Fsp3) is 0.938. The van der Waals surface area contributed by atoms with Crippen molar-refractivity contribution in [1.82, 2.24) is 10.2 Å². The first-order chi connectivity index (χ1) is 9.83. The molecule has 0 rings (SSSR count). The highest BCUT2D eigenvalue weighted by molar-refractivity contribution is 7.84. The van der Waals surface area contributed by atoms with E-state index >= 15 is 0 Å². The van der Waals surface area contributed by atoms with Gasteiger partial charge in [-0.15, -0.1) is 0 Å². The number of hydrogen-bond acceptors (Lipinski definition) is 4. The number of rotatable bonds is 7. The molecule has 0 heterocycles. The molecule has 2 unspecified atom stereocenters. The van der Waals surface area contributed by atoms with E-state index in [2.05, 4.69) is 12.2 Å². The molecule has 0 aromatic heterocycles. The van der Waals surface area contributed by atoms with Crippen LogP contribution in [0.4, 0.5) is 4.79 Å². The molecule has 0 aliphatic carbocycles. The molecule has 0 fully saturated rings. The summed E-state index contributed by atoms with van der Waals surface area (Å²) in [5.41, 5.74) is -0.787. The van der Waals surface area contributed by atoms with Gasteiger partial charge in [-0.1, -0.05) is 0 Å². The predicted molar refractivity (Wildman–Crippen MR) is 93.7 cm³/mol. The number of amides is 1. The molecule has 0 aliphatic rings. The van der Waals surface area contributed by atoms with Crippen LogP contribution in [0.25, 0.3) is 0 Å². The minimum atomic E-state index is -0.758. The lowest BCUT2D eigenvalue weighted by Gasteiger charge is -2.37. The number of ether oxygens (including phenoxy) is 1. The summed E-state index contributed by atoms with van der Waals surface area (Å²) in [6, 6.07) is 0.282. The topological polar surface area (TPSA) is 58.6 Å². The maximum absolute atomic E-state index is 12.3. The van der Waals surface area contributed by atoms with Crippen LogP contribution in [0.5, 0.6) is 0 Å². The van der Waals surface area contributed by atoms with E-state index in [4.69, 9.17) is 4.74 Å². The summed E-state index contributed by atoms with van der Waals surface area (Å²) in [5, 5.41) is 3.37. The smallest absolute Gasteiger partial charge is 0.410 e. The number of carbonyl (C=O) groups excluding carboxylic acids is 1. The Morgan fingerprint density at radius 2 is 1.77 bits per heavy atom. The van der Waals surface area contributed by atoms with Gasteiger partial charge >= 0.3 is 6.09 Å². The summed E-state index contributed by atoms with van der Waals surface area (Å²) in [6.45, 7) is 15.0. The standard InChI is InChI=1S/C16H34N2O3S/c1-13(9-12-22(8)20)17-10-11-18(15(2,3)4)14(19)21-16(5,6)7/h13,17H,9-12H2,1-8H3. The zero-order chi connectivity index (χ0) is 17.6. The van der Waals surface area contributed by atoms with Crippen molar-refractivity contribution in [3.8, 4) is 0 Å². The Balaban J connectivity index is 4.45. The van der Waals surface area contributed by atoms with Gasteiger partial charge in [0.25, 0.3) is 0 Å². The Hall–Kier alpha value is -0.620. The Morgan fingerprint density at radius 1 is 1.23 bits per heavy atom. The van der Waals surface area contributed by atoms with E-state index < -0.39 is 16.4 Å². The highest BCUT2D eigenvalue weighted by Gasteiger charge is 2.30. The Kier molecular flexibility index (Phi) is 8.62. The quantitative estimate of drug-likeness (QED) is 0.778. The van der Waals surface area contributed by atoms with E-state index in [1.54, 1.807) is 11.2 Å². The number of nitrogens with zero attached hydrogens (tertiary/aromatic N) is 1. The van der Waals surface area contributed by atoms with Gasteiger partial charge in [0.2, 0.25) is 0 Å². The summed E-state index contributed by atoms with van der Waals surface area (Å²) in [7, 11) is -0.758. The first-order valence-corrected chi connectivity index (χ1v) is 9.59. The molecule has 2 atom stereocenters. The van der Waals surface area contributed by atoms with E-state index in [1.165, 1.54) is 0 Å². The van der Waals surface area contributed by atoms with Gasteiger partial charge in [0.15, 0.2) is 0 Å². The molecule has 0 radical (unpaired) electrons. The van der Waals surface area contributed by atoms with Gasteiger partial charge in [-0.3, -0.25) is 4.21 Å². The maximum Gasteiger partial charge on any atom is 0.410 e. The third kappa shape index (κ3) is 10.2. The van der Waals surface area contributed by atoms with E-state index in [0.717, 1.165) is 6.42 Å². The second-order valence-electron chi connectivity index (χ2n) is 7.72. The fourth-order valence-electron chi connectivity index (χ4n) is 1.89. The van der Waals surface area contributed by atoms with Crippen LogP contribution in [-0.4, -0.2) is 57.5 Å². The highest BCUT2D eigenvalue weighted by Crippen LogP contribution is 2.17. The molecule has 0 spiro atoms. The van der Waals surface area contributed by atoms with Crippen LogP contribution in [0.3, 0.4) is 0 Å². The minimum Gasteiger partial charge on any atom is -0.444 e. The van der Waals surface area contributed by atoms with Crippen molar-refractivity contribution in [2.45, 2.75) is 72.1 Å². The van der Waals surface area contributed by atoms with Gasteiger partial charge in [-0.25, -0.2) is 4.79 Å². The lowest BCUT2D eigenvalue weighted by molar-refractivity contribution is 0.00649. The zero-order valence-corrected chi connectivity index (χ0v) is 16.3. The number of hydrogen-bond donors (Lipinski definition) is 1. The summed E-state index contributed by atoms with van der Waals surface area (Å²) in [6.07, 6.45) is 2.30. The lowest BCUT2D eigenvalue weighted by Crippen LogP contribution is -2.50. The zero-order valence-electron chi connectivity index (χ0n) is 15.5. The van der Waals surface area contributed by atoms with Crippen molar-refractivity contribution >= 4 is 16.9 Å². The van der Waals surface area contributed by atoms with Crippen LogP contribution in [-0.2, 0) is 15.5 Å². The molecule has 0 aromatic carbocycles. The predicted octanol–water partition coefficient (Wildman–Crippen LogP) is 2.77. The first kappa shape index (κ1) is 21.4. The average molecular weight is 335 g/mol. The fourth-order valence-corrected chi connectivity index (χ4v) is 2.57. The molecule has 0 aromatic rings. The van der Waals surface area contributed by atoms with Crippen LogP contribution in [0.15, 0.2) is 0 Å². The molecular weight excluding hydrogens is 300 g/mol. The first-order valence-electron chi connectivity index (χ1n) is 7.87. The average Bonchev–Trinajstić information content (AvgIpc) is 2.27. The molecule has 1 N–H and O–H groups in total. The minimum absolute atomic E-state index is 0.282. The van der Waals surface area contributed by atoms with Gasteiger partial charge < -0.3 is 15.0 Å². The van der Waals surface area contributed by atoms with E-state index in [9.17, 15) is 9.00 Å². The van der Waals surface area contributed by atoms with E-state index in [-0.39, 0.29) is 17.7 Å². The summed E-state index contributed by atoms with van der Waals surface area (Å²) >= 11 is 0. The summed E-state index contributed by atoms with van der Waals surface area (Å²) in [5.74, 6) is 0.698. The SMILES string of the molecule is CC(CCS(C)=O)NCCN(C(=O)OC(C)(C)C)C(C)(C)C. The Morgan fingerprint density at radius 3 is 2.18 bits per heavy atom. The van der Waals surface area contributed by atoms with Gasteiger partial charge in [-0.2, -0.15) is 0 Å². The lowest BCUT2D eigenvalue weighted by atomic mass is 10.1. The van der Waals surface area contributed by atoms with Crippen molar-refractivity contribution in [3.05, 3.63) is 0 Å². The Bertz CT molecular complexity index is 373. The summed E-state index contributed by atoms with van der Waals surface area (Å²) in [4.78, 5) is 14.1. The molecule has 132 valence electrons. The molecule has 1 amide bonds. The monoisotopic (exact) mass is 334 g/mol. The van der Waals surface area contributed by atoms with Gasteiger partial charge in [0, 0.05) is 47.5 Å². The number of carbonyl (C=O) groups is 1. The van der Waals surface area contributed by atoms with Crippen LogP contribution >= 0.6 is 0 Å². The highest BCUT2D eigenvalue weighted by atomic mass is 32.2. The van der Waals surface area contributed by atoms with Crippen molar-refractivity contribution in [3.63, 3.8) is 0 Å². The van der Waals surface area contributed by atoms with Crippen LogP contribution in [0, 0.1) is 0 Å². The van der Waals surface area contributed by atoms with Crippen molar-refractivity contribution in [2.24, 2.45) is 0 Å². The molecule has 0 bridgehead atoms. The van der Waals surface area contributed by atoms with E-state index in [0.29, 0.717) is 18.8 Å². The van der Waals surface area contributed by atoms with Gasteiger partial charge in [0.05, 0.1) is 0 Å². The van der Waals surface area contributed by atoms with Crippen LogP contribution in [0.2, 0.25) is 0 Å². The largest absolute Gasteiger partial charge is 0.444 e.